The average molecular weight is 667 g/mol. The maximum atomic E-state index is 16.1. The minimum Gasteiger partial charge on any atom is -0.497 e. The van der Waals surface area contributed by atoms with Gasteiger partial charge in [-0.25, -0.2) is 26.5 Å². The minimum atomic E-state index is -5.03. The number of methoxy groups -OCH3 is 2. The number of likely N-dealkylation sites (tertiary alicyclic amines) is 1. The Morgan fingerprint density at radius 2 is 1.80 bits per heavy atom. The van der Waals surface area contributed by atoms with E-state index in [4.69, 9.17) is 21.1 Å². The van der Waals surface area contributed by atoms with Crippen LogP contribution in [0.15, 0.2) is 47.4 Å². The van der Waals surface area contributed by atoms with Crippen LogP contribution in [-0.4, -0.2) is 64.2 Å². The van der Waals surface area contributed by atoms with Gasteiger partial charge in [-0.05, 0) is 64.4 Å². The second-order valence-corrected chi connectivity index (χ2v) is 14.8. The molecule has 0 amide bonds. The molecule has 2 aromatic carbocycles. The van der Waals surface area contributed by atoms with Crippen LogP contribution in [0.5, 0.6) is 11.5 Å². The number of hydrogen-bond acceptors (Lipinski definition) is 7. The van der Waals surface area contributed by atoms with E-state index < -0.39 is 44.1 Å². The molecule has 0 N–H and O–H groups in total. The van der Waals surface area contributed by atoms with Crippen molar-refractivity contribution in [2.75, 3.05) is 43.6 Å². The number of benzene rings is 2. The lowest BCUT2D eigenvalue weighted by Gasteiger charge is -2.40. The molecule has 0 radical (unpaired) electrons. The number of sulfonamides is 1. The van der Waals surface area contributed by atoms with Crippen LogP contribution in [0.25, 0.3) is 0 Å². The van der Waals surface area contributed by atoms with Crippen LogP contribution in [0, 0.1) is 23.0 Å². The highest BCUT2D eigenvalue weighted by atomic mass is 35.5. The number of pyridine rings is 1. The smallest absolute Gasteiger partial charge is 0.271 e. The predicted molar refractivity (Wildman–Crippen MR) is 168 cm³/mol. The van der Waals surface area contributed by atoms with Gasteiger partial charge < -0.3 is 14.4 Å². The monoisotopic (exact) mass is 666 g/mol. The van der Waals surface area contributed by atoms with Gasteiger partial charge in [-0.1, -0.05) is 24.6 Å². The van der Waals surface area contributed by atoms with Gasteiger partial charge in [0.25, 0.3) is 10.0 Å². The van der Waals surface area contributed by atoms with Crippen molar-refractivity contribution in [3.63, 3.8) is 0 Å². The highest BCUT2D eigenvalue weighted by molar-refractivity contribution is 7.92. The van der Waals surface area contributed by atoms with Crippen molar-refractivity contribution >= 4 is 33.1 Å². The zero-order chi connectivity index (χ0) is 32.9. The number of aromatic nitrogens is 1. The van der Waals surface area contributed by atoms with Gasteiger partial charge in [0.2, 0.25) is 5.95 Å². The molecule has 2 aliphatic heterocycles. The molecule has 1 aromatic heterocycles. The molecule has 0 saturated carbocycles. The van der Waals surface area contributed by atoms with Crippen molar-refractivity contribution < 1.29 is 31.1 Å². The standard InChI is InChI=1S/C32H38ClF3N4O4S/c1-31(2)13-12-25(38(31)4)32(3)14-15-39(19-32)23-17-22(34)30(29(36)28(23)33)45(41,42)40(27-9-7-8-26(35)37-27)18-20-10-11-21(43-5)16-24(20)44-6/h7-11,16-17,25H,12-15,18-19H2,1-6H3. The fourth-order valence-corrected chi connectivity index (χ4v) is 8.50. The van der Waals surface area contributed by atoms with Crippen LogP contribution < -0.4 is 18.7 Å². The van der Waals surface area contributed by atoms with Gasteiger partial charge in [0.05, 0.1) is 26.5 Å². The Morgan fingerprint density at radius 1 is 1.07 bits per heavy atom. The van der Waals surface area contributed by atoms with Crippen LogP contribution in [0.2, 0.25) is 5.02 Å². The molecule has 2 aliphatic rings. The maximum Gasteiger partial charge on any atom is 0.271 e. The normalized spacial score (nSPS) is 21.7. The SMILES string of the molecule is COc1ccc(CN(c2cccc(F)n2)S(=O)(=O)c2c(F)cc(N3CCC(C)(C4CCC(C)(C)N4C)C3)c(Cl)c2F)c(OC)c1. The van der Waals surface area contributed by atoms with Crippen molar-refractivity contribution in [2.24, 2.45) is 5.41 Å². The summed E-state index contributed by atoms with van der Waals surface area (Å²) < 4.78 is 85.8. The third-order valence-electron chi connectivity index (χ3n) is 9.51. The molecule has 3 aromatic rings. The third-order valence-corrected chi connectivity index (χ3v) is 11.7. The second-order valence-electron chi connectivity index (χ2n) is 12.6. The molecule has 2 atom stereocenters. The summed E-state index contributed by atoms with van der Waals surface area (Å²) in [7, 11) is -0.0879. The Hall–Kier alpha value is -3.22. The molecule has 0 spiro atoms. The van der Waals surface area contributed by atoms with E-state index in [2.05, 4.69) is 37.7 Å². The van der Waals surface area contributed by atoms with E-state index >= 15 is 8.78 Å². The van der Waals surface area contributed by atoms with E-state index in [1.54, 1.807) is 6.07 Å². The van der Waals surface area contributed by atoms with Gasteiger partial charge in [0.15, 0.2) is 10.7 Å². The first-order valence-corrected chi connectivity index (χ1v) is 16.5. The van der Waals surface area contributed by atoms with E-state index in [0.717, 1.165) is 31.4 Å². The molecule has 13 heteroatoms. The molecule has 0 bridgehead atoms. The van der Waals surface area contributed by atoms with Crippen molar-refractivity contribution in [1.29, 1.82) is 0 Å². The molecule has 3 heterocycles. The molecule has 8 nitrogen and oxygen atoms in total. The largest absolute Gasteiger partial charge is 0.497 e. The zero-order valence-corrected chi connectivity index (χ0v) is 27.8. The number of anilines is 2. The molecule has 0 aliphatic carbocycles. The Morgan fingerprint density at radius 3 is 2.42 bits per heavy atom. The van der Waals surface area contributed by atoms with Crippen molar-refractivity contribution in [1.82, 2.24) is 9.88 Å². The molecule has 5 rings (SSSR count). The first kappa shape index (κ1) is 33.2. The van der Waals surface area contributed by atoms with E-state index in [-0.39, 0.29) is 34.3 Å². The lowest BCUT2D eigenvalue weighted by Crippen LogP contribution is -2.48. The molecular formula is C32H38ClF3N4O4S. The Labute approximate surface area is 267 Å². The van der Waals surface area contributed by atoms with Gasteiger partial charge in [-0.3, -0.25) is 4.90 Å². The molecule has 2 fully saturated rings. The molecule has 2 saturated heterocycles. The Balaban J connectivity index is 1.53. The van der Waals surface area contributed by atoms with Crippen molar-refractivity contribution in [3.05, 3.63) is 70.6 Å². The van der Waals surface area contributed by atoms with Crippen molar-refractivity contribution in [2.45, 2.75) is 63.1 Å². The van der Waals surface area contributed by atoms with E-state index in [1.165, 1.54) is 38.5 Å². The third kappa shape index (κ3) is 6.04. The number of halogens is 4. The average Bonchev–Trinajstić information content (AvgIpc) is 3.52. The van der Waals surface area contributed by atoms with Crippen LogP contribution in [0.1, 0.15) is 45.6 Å². The fraction of sp³-hybridized carbons (Fsp3) is 0.469. The van der Waals surface area contributed by atoms with Crippen LogP contribution in [0.3, 0.4) is 0 Å². The van der Waals surface area contributed by atoms with E-state index in [1.807, 2.05) is 4.90 Å². The molecule has 45 heavy (non-hydrogen) atoms. The van der Waals surface area contributed by atoms with Crippen LogP contribution in [-0.2, 0) is 16.6 Å². The number of ether oxygens (including phenoxy) is 2. The number of nitrogens with zero attached hydrogens (tertiary/aromatic N) is 4. The van der Waals surface area contributed by atoms with Crippen molar-refractivity contribution in [3.8, 4) is 11.5 Å². The van der Waals surface area contributed by atoms with E-state index in [0.29, 0.717) is 28.7 Å². The Bertz CT molecular complexity index is 1710. The summed E-state index contributed by atoms with van der Waals surface area (Å²) in [5.74, 6) is -3.42. The van der Waals surface area contributed by atoms with Gasteiger partial charge in [-0.15, -0.1) is 0 Å². The Kier molecular flexibility index (Phi) is 8.98. The summed E-state index contributed by atoms with van der Waals surface area (Å²) in [6.07, 6.45) is 2.82. The van der Waals surface area contributed by atoms with Gasteiger partial charge in [0, 0.05) is 47.8 Å². The van der Waals surface area contributed by atoms with Crippen LogP contribution >= 0.6 is 11.6 Å². The number of hydrogen-bond donors (Lipinski definition) is 0. The van der Waals surface area contributed by atoms with Gasteiger partial charge in [-0.2, -0.15) is 4.39 Å². The minimum absolute atomic E-state index is 0.0468. The number of rotatable bonds is 9. The lowest BCUT2D eigenvalue weighted by molar-refractivity contribution is 0.0889. The molecular weight excluding hydrogens is 629 g/mol. The van der Waals surface area contributed by atoms with E-state index in [9.17, 15) is 12.8 Å². The van der Waals surface area contributed by atoms with Gasteiger partial charge >= 0.3 is 0 Å². The van der Waals surface area contributed by atoms with Crippen LogP contribution in [0.4, 0.5) is 24.7 Å². The highest BCUT2D eigenvalue weighted by Crippen LogP contribution is 2.48. The summed E-state index contributed by atoms with van der Waals surface area (Å²) in [5, 5.41) is -0.506. The highest BCUT2D eigenvalue weighted by Gasteiger charge is 2.49. The first-order valence-electron chi connectivity index (χ1n) is 14.6. The quantitative estimate of drug-likeness (QED) is 0.187. The zero-order valence-electron chi connectivity index (χ0n) is 26.2. The molecule has 244 valence electrons. The lowest BCUT2D eigenvalue weighted by atomic mass is 9.80. The van der Waals surface area contributed by atoms with Gasteiger partial charge in [0.1, 0.15) is 28.2 Å². The second kappa shape index (κ2) is 12.2. The predicted octanol–water partition coefficient (Wildman–Crippen LogP) is 6.65. The fourth-order valence-electron chi connectivity index (χ4n) is 6.67. The maximum absolute atomic E-state index is 16.1. The molecule has 2 unspecified atom stereocenters. The first-order chi connectivity index (χ1) is 21.1. The summed E-state index contributed by atoms with van der Waals surface area (Å²) in [6.45, 7) is 7.10. The topological polar surface area (TPSA) is 75.2 Å². The summed E-state index contributed by atoms with van der Waals surface area (Å²) in [4.78, 5) is 6.65. The summed E-state index contributed by atoms with van der Waals surface area (Å²) >= 11 is 6.51. The summed E-state index contributed by atoms with van der Waals surface area (Å²) in [6, 6.07) is 9.39. The summed E-state index contributed by atoms with van der Waals surface area (Å²) in [5.41, 5.74) is 0.279.